The van der Waals surface area contributed by atoms with E-state index in [1.807, 2.05) is 0 Å². The van der Waals surface area contributed by atoms with E-state index in [2.05, 4.69) is 50.6 Å². The van der Waals surface area contributed by atoms with Gasteiger partial charge in [0.05, 0.1) is 0 Å². The van der Waals surface area contributed by atoms with Crippen molar-refractivity contribution in [1.82, 2.24) is 9.88 Å². The van der Waals surface area contributed by atoms with Gasteiger partial charge in [-0.05, 0) is 63.0 Å². The highest BCUT2D eigenvalue weighted by molar-refractivity contribution is 5.26. The second-order valence-electron chi connectivity index (χ2n) is 7.55. The van der Waals surface area contributed by atoms with E-state index < -0.39 is 0 Å². The summed E-state index contributed by atoms with van der Waals surface area (Å²) in [4.78, 5) is 0. The first-order chi connectivity index (χ1) is 9.97. The van der Waals surface area contributed by atoms with Crippen LogP contribution in [0.1, 0.15) is 69.8 Å². The molecule has 1 aliphatic rings. The van der Waals surface area contributed by atoms with Gasteiger partial charge >= 0.3 is 0 Å². The maximum Gasteiger partial charge on any atom is 0.0223 e. The van der Waals surface area contributed by atoms with E-state index in [4.69, 9.17) is 0 Å². The second kappa shape index (κ2) is 7.00. The third-order valence-corrected chi connectivity index (χ3v) is 5.32. The number of hydrogen-bond acceptors (Lipinski definition) is 1. The predicted octanol–water partition coefficient (Wildman–Crippen LogP) is 4.82. The van der Waals surface area contributed by atoms with Crippen LogP contribution in [0, 0.1) is 25.2 Å². The molecular weight excluding hydrogens is 256 g/mol. The molecule has 1 N–H and O–H groups in total. The lowest BCUT2D eigenvalue weighted by molar-refractivity contribution is 0.223. The molecule has 0 aliphatic heterocycles. The Bertz CT molecular complexity index is 450. The van der Waals surface area contributed by atoms with Gasteiger partial charge in [-0.1, -0.05) is 26.7 Å². The van der Waals surface area contributed by atoms with Crippen LogP contribution in [0.25, 0.3) is 0 Å². The van der Waals surface area contributed by atoms with Gasteiger partial charge in [-0.2, -0.15) is 0 Å². The predicted molar refractivity (Wildman–Crippen MR) is 91.6 cm³/mol. The number of nitrogens with zero attached hydrogens (tertiary/aromatic N) is 1. The third kappa shape index (κ3) is 3.91. The van der Waals surface area contributed by atoms with Gasteiger partial charge in [-0.15, -0.1) is 0 Å². The summed E-state index contributed by atoms with van der Waals surface area (Å²) in [5.41, 5.74) is 4.88. The maximum atomic E-state index is 3.78. The third-order valence-electron chi connectivity index (χ3n) is 5.32. The van der Waals surface area contributed by atoms with Crippen molar-refractivity contribution >= 4 is 0 Å². The second-order valence-corrected chi connectivity index (χ2v) is 7.55. The topological polar surface area (TPSA) is 17.0 Å². The van der Waals surface area contributed by atoms with Gasteiger partial charge in [0.1, 0.15) is 0 Å². The van der Waals surface area contributed by atoms with Crippen molar-refractivity contribution in [3.05, 3.63) is 23.0 Å². The van der Waals surface area contributed by atoms with Crippen LogP contribution in [-0.4, -0.2) is 11.1 Å². The Morgan fingerprint density at radius 1 is 1.24 bits per heavy atom. The van der Waals surface area contributed by atoms with E-state index >= 15 is 0 Å². The number of hydrogen-bond donors (Lipinski definition) is 1. The fourth-order valence-corrected chi connectivity index (χ4v) is 4.44. The van der Waals surface area contributed by atoms with E-state index in [1.54, 1.807) is 0 Å². The molecule has 21 heavy (non-hydrogen) atoms. The minimum atomic E-state index is 0.574. The molecule has 0 aromatic carbocycles. The van der Waals surface area contributed by atoms with Crippen molar-refractivity contribution in [2.45, 2.75) is 79.8 Å². The lowest BCUT2D eigenvalue weighted by Crippen LogP contribution is -2.33. The summed E-state index contributed by atoms with van der Waals surface area (Å²) in [5.74, 6) is 0.815. The number of rotatable bonds is 7. The van der Waals surface area contributed by atoms with Crippen LogP contribution in [0.3, 0.4) is 0 Å². The Morgan fingerprint density at radius 2 is 1.90 bits per heavy atom. The Morgan fingerprint density at radius 3 is 2.43 bits per heavy atom. The summed E-state index contributed by atoms with van der Waals surface area (Å²) >= 11 is 0. The molecule has 0 bridgehead atoms. The molecule has 1 fully saturated rings. The van der Waals surface area contributed by atoms with Crippen molar-refractivity contribution < 1.29 is 0 Å². The van der Waals surface area contributed by atoms with Crippen molar-refractivity contribution in [3.8, 4) is 0 Å². The van der Waals surface area contributed by atoms with E-state index in [0.717, 1.165) is 19.0 Å². The molecule has 1 saturated carbocycles. The van der Waals surface area contributed by atoms with E-state index in [0.29, 0.717) is 5.41 Å². The molecule has 0 saturated heterocycles. The molecular formula is C19H34N2. The van der Waals surface area contributed by atoms with E-state index in [1.165, 1.54) is 55.6 Å². The highest BCUT2D eigenvalue weighted by Crippen LogP contribution is 2.42. The standard InChI is InChI=1S/C19H34N2/c1-6-21-16(4)11-18(17(21)5)13-20-14-19(12-15(2)3)9-7-8-10-19/h11,15,20H,6-10,12-14H2,1-5H3. The van der Waals surface area contributed by atoms with Crippen LogP contribution in [0.15, 0.2) is 6.07 Å². The molecule has 0 atom stereocenters. The first-order valence-corrected chi connectivity index (χ1v) is 8.84. The van der Waals surface area contributed by atoms with E-state index in [9.17, 15) is 0 Å². The number of nitrogens with one attached hydrogen (secondary N) is 1. The Balaban J connectivity index is 1.94. The zero-order chi connectivity index (χ0) is 15.5. The van der Waals surface area contributed by atoms with Crippen LogP contribution in [0.4, 0.5) is 0 Å². The Labute approximate surface area is 131 Å². The SMILES string of the molecule is CCn1c(C)cc(CNCC2(CC(C)C)CCCC2)c1C. The lowest BCUT2D eigenvalue weighted by Gasteiger charge is -2.31. The Hall–Kier alpha value is -0.760. The Kier molecular flexibility index (Phi) is 5.54. The maximum absolute atomic E-state index is 3.78. The highest BCUT2D eigenvalue weighted by atomic mass is 15.0. The fourth-order valence-electron chi connectivity index (χ4n) is 4.44. The molecule has 2 rings (SSSR count). The van der Waals surface area contributed by atoms with Gasteiger partial charge in [0.25, 0.3) is 0 Å². The lowest BCUT2D eigenvalue weighted by atomic mass is 9.78. The van der Waals surface area contributed by atoms with Crippen molar-refractivity contribution in [1.29, 1.82) is 0 Å². The zero-order valence-corrected chi connectivity index (χ0v) is 14.8. The number of aryl methyl sites for hydroxylation is 1. The molecule has 1 aliphatic carbocycles. The van der Waals surface area contributed by atoms with Crippen LogP contribution < -0.4 is 5.32 Å². The van der Waals surface area contributed by atoms with Gasteiger partial charge in [-0.25, -0.2) is 0 Å². The van der Waals surface area contributed by atoms with Gasteiger partial charge in [0, 0.05) is 31.0 Å². The first kappa shape index (κ1) is 16.6. The first-order valence-electron chi connectivity index (χ1n) is 8.84. The van der Waals surface area contributed by atoms with Crippen LogP contribution in [0.5, 0.6) is 0 Å². The van der Waals surface area contributed by atoms with Crippen molar-refractivity contribution in [2.24, 2.45) is 11.3 Å². The van der Waals surface area contributed by atoms with E-state index in [-0.39, 0.29) is 0 Å². The summed E-state index contributed by atoms with van der Waals surface area (Å²) < 4.78 is 2.41. The number of aromatic nitrogens is 1. The van der Waals surface area contributed by atoms with Gasteiger partial charge in [0.15, 0.2) is 0 Å². The average Bonchev–Trinajstić information content (AvgIpc) is 2.95. The zero-order valence-electron chi connectivity index (χ0n) is 14.8. The molecule has 120 valence electrons. The van der Waals surface area contributed by atoms with Crippen LogP contribution >= 0.6 is 0 Å². The van der Waals surface area contributed by atoms with Crippen molar-refractivity contribution in [3.63, 3.8) is 0 Å². The van der Waals surface area contributed by atoms with Gasteiger partial charge in [-0.3, -0.25) is 0 Å². The highest BCUT2D eigenvalue weighted by Gasteiger charge is 2.33. The minimum absolute atomic E-state index is 0.574. The largest absolute Gasteiger partial charge is 0.349 e. The summed E-state index contributed by atoms with van der Waals surface area (Å²) in [6.45, 7) is 14.7. The molecule has 2 nitrogen and oxygen atoms in total. The molecule has 1 heterocycles. The van der Waals surface area contributed by atoms with Gasteiger partial charge in [0.2, 0.25) is 0 Å². The summed E-state index contributed by atoms with van der Waals surface area (Å²) in [6, 6.07) is 2.36. The fraction of sp³-hybridized carbons (Fsp3) is 0.789. The molecule has 0 unspecified atom stereocenters. The van der Waals surface area contributed by atoms with Crippen LogP contribution in [-0.2, 0) is 13.1 Å². The van der Waals surface area contributed by atoms with Gasteiger partial charge < -0.3 is 9.88 Å². The molecule has 0 spiro atoms. The molecule has 0 amide bonds. The summed E-state index contributed by atoms with van der Waals surface area (Å²) in [7, 11) is 0. The summed E-state index contributed by atoms with van der Waals surface area (Å²) in [6.07, 6.45) is 7.09. The average molecular weight is 290 g/mol. The smallest absolute Gasteiger partial charge is 0.0223 e. The normalized spacial score (nSPS) is 17.8. The molecule has 0 radical (unpaired) electrons. The summed E-state index contributed by atoms with van der Waals surface area (Å²) in [5, 5.41) is 3.78. The monoisotopic (exact) mass is 290 g/mol. The quantitative estimate of drug-likeness (QED) is 0.761. The van der Waals surface area contributed by atoms with Crippen molar-refractivity contribution in [2.75, 3.05) is 6.54 Å². The van der Waals surface area contributed by atoms with Crippen LogP contribution in [0.2, 0.25) is 0 Å². The minimum Gasteiger partial charge on any atom is -0.349 e. The molecule has 2 heteroatoms. The molecule has 1 aromatic rings. The molecule has 1 aromatic heterocycles.